The topological polar surface area (TPSA) is 58.6 Å². The van der Waals surface area contributed by atoms with Gasteiger partial charge in [-0.05, 0) is 38.0 Å². The van der Waals surface area contributed by atoms with E-state index in [2.05, 4.69) is 19.2 Å². The van der Waals surface area contributed by atoms with E-state index in [9.17, 15) is 8.42 Å². The van der Waals surface area contributed by atoms with Crippen molar-refractivity contribution in [3.63, 3.8) is 0 Å². The van der Waals surface area contributed by atoms with E-state index in [4.69, 9.17) is 4.74 Å². The Kier molecular flexibility index (Phi) is 7.43. The first-order valence-electron chi connectivity index (χ1n) is 7.52. The predicted octanol–water partition coefficient (Wildman–Crippen LogP) is 1.31. The second kappa shape index (κ2) is 8.32. The zero-order valence-corrected chi connectivity index (χ0v) is 14.1. The molecule has 1 heterocycles. The van der Waals surface area contributed by atoms with Crippen LogP contribution in [0.4, 0.5) is 0 Å². The molecule has 0 aromatic rings. The van der Waals surface area contributed by atoms with Crippen molar-refractivity contribution in [3.8, 4) is 0 Å². The second-order valence-corrected chi connectivity index (χ2v) is 8.06. The quantitative estimate of drug-likeness (QED) is 0.687. The number of nitrogens with zero attached hydrogens (tertiary/aromatic N) is 1. The molecular weight excluding hydrogens is 276 g/mol. The number of ether oxygens (including phenoxy) is 1. The van der Waals surface area contributed by atoms with Gasteiger partial charge in [-0.2, -0.15) is 0 Å². The lowest BCUT2D eigenvalue weighted by molar-refractivity contribution is 0.185. The third kappa shape index (κ3) is 6.08. The Balaban J connectivity index is 2.39. The molecule has 1 fully saturated rings. The van der Waals surface area contributed by atoms with Gasteiger partial charge >= 0.3 is 0 Å². The molecule has 20 heavy (non-hydrogen) atoms. The van der Waals surface area contributed by atoms with Crippen LogP contribution in [-0.2, 0) is 14.8 Å². The lowest BCUT2D eigenvalue weighted by atomic mass is 9.86. The number of rotatable bonds is 8. The molecule has 1 rings (SSSR count). The minimum Gasteiger partial charge on any atom is -0.383 e. The van der Waals surface area contributed by atoms with E-state index in [0.717, 1.165) is 32.4 Å². The van der Waals surface area contributed by atoms with Crippen molar-refractivity contribution in [1.29, 1.82) is 0 Å². The molecule has 0 aromatic heterocycles. The molecule has 0 amide bonds. The minimum atomic E-state index is -3.03. The monoisotopic (exact) mass is 306 g/mol. The molecule has 1 saturated heterocycles. The van der Waals surface area contributed by atoms with Gasteiger partial charge in [-0.1, -0.05) is 6.92 Å². The van der Waals surface area contributed by atoms with E-state index < -0.39 is 10.0 Å². The highest BCUT2D eigenvalue weighted by Crippen LogP contribution is 2.25. The van der Waals surface area contributed by atoms with Gasteiger partial charge in [0, 0.05) is 32.8 Å². The van der Waals surface area contributed by atoms with Gasteiger partial charge in [0.05, 0.1) is 12.9 Å². The minimum absolute atomic E-state index is 0.429. The van der Waals surface area contributed by atoms with Gasteiger partial charge in [-0.3, -0.25) is 0 Å². The van der Waals surface area contributed by atoms with Gasteiger partial charge in [-0.15, -0.1) is 0 Å². The molecule has 6 heteroatoms. The molecule has 0 aliphatic carbocycles. The molecule has 3 atom stereocenters. The van der Waals surface area contributed by atoms with Crippen molar-refractivity contribution in [2.24, 2.45) is 11.8 Å². The van der Waals surface area contributed by atoms with Crippen LogP contribution in [0.2, 0.25) is 0 Å². The van der Waals surface area contributed by atoms with Crippen LogP contribution < -0.4 is 5.32 Å². The van der Waals surface area contributed by atoms with E-state index in [1.165, 1.54) is 6.26 Å². The summed E-state index contributed by atoms with van der Waals surface area (Å²) in [5.74, 6) is 1.02. The van der Waals surface area contributed by atoms with Crippen molar-refractivity contribution >= 4 is 10.0 Å². The first-order chi connectivity index (χ1) is 9.34. The maximum atomic E-state index is 11.6. The van der Waals surface area contributed by atoms with Gasteiger partial charge in [-0.25, -0.2) is 12.7 Å². The van der Waals surface area contributed by atoms with Crippen LogP contribution in [0.3, 0.4) is 0 Å². The molecule has 120 valence electrons. The third-order valence-electron chi connectivity index (χ3n) is 4.28. The van der Waals surface area contributed by atoms with Crippen molar-refractivity contribution in [1.82, 2.24) is 9.62 Å². The summed E-state index contributed by atoms with van der Waals surface area (Å²) >= 11 is 0. The maximum absolute atomic E-state index is 11.6. The molecular formula is C14H30N2O3S. The highest BCUT2D eigenvalue weighted by Gasteiger charge is 2.27. The summed E-state index contributed by atoms with van der Waals surface area (Å²) in [5.41, 5.74) is 0. The van der Waals surface area contributed by atoms with E-state index in [1.807, 2.05) is 0 Å². The molecule has 3 unspecified atom stereocenters. The first-order valence-corrected chi connectivity index (χ1v) is 9.37. The van der Waals surface area contributed by atoms with E-state index >= 15 is 0 Å². The second-order valence-electron chi connectivity index (χ2n) is 6.08. The molecule has 1 N–H and O–H groups in total. The normalized spacial score (nSPS) is 24.5. The van der Waals surface area contributed by atoms with Gasteiger partial charge in [0.25, 0.3) is 0 Å². The van der Waals surface area contributed by atoms with E-state index in [0.29, 0.717) is 31.0 Å². The van der Waals surface area contributed by atoms with Crippen LogP contribution in [0.25, 0.3) is 0 Å². The van der Waals surface area contributed by atoms with Crippen LogP contribution in [-0.4, -0.2) is 58.4 Å². The molecule has 0 saturated carbocycles. The maximum Gasteiger partial charge on any atom is 0.211 e. The standard InChI is InChI=1S/C14H30N2O3S/c1-12(13(2)15-7-9-19-3)10-14-6-5-8-16(11-14)20(4,17)18/h12-15H,5-11H2,1-4H3. The SMILES string of the molecule is COCCNC(C)C(C)CC1CCCN(S(C)(=O)=O)C1. The number of hydrogen-bond acceptors (Lipinski definition) is 4. The average molecular weight is 306 g/mol. The lowest BCUT2D eigenvalue weighted by Gasteiger charge is -2.33. The van der Waals surface area contributed by atoms with Gasteiger partial charge < -0.3 is 10.1 Å². The van der Waals surface area contributed by atoms with Gasteiger partial charge in [0.15, 0.2) is 0 Å². The van der Waals surface area contributed by atoms with Crippen molar-refractivity contribution in [3.05, 3.63) is 0 Å². The number of nitrogens with one attached hydrogen (secondary N) is 1. The summed E-state index contributed by atoms with van der Waals surface area (Å²) in [6.45, 7) is 7.39. The number of piperidine rings is 1. The fourth-order valence-corrected chi connectivity index (χ4v) is 3.78. The Bertz CT molecular complexity index is 373. The summed E-state index contributed by atoms with van der Waals surface area (Å²) in [6.07, 6.45) is 4.51. The van der Waals surface area contributed by atoms with Crippen LogP contribution in [0.1, 0.15) is 33.1 Å². The fourth-order valence-electron chi connectivity index (χ4n) is 2.84. The van der Waals surface area contributed by atoms with Crippen LogP contribution >= 0.6 is 0 Å². The highest BCUT2D eigenvalue weighted by atomic mass is 32.2. The Hall–Kier alpha value is -0.170. The molecule has 0 bridgehead atoms. The predicted molar refractivity (Wildman–Crippen MR) is 82.3 cm³/mol. The molecule has 0 radical (unpaired) electrons. The molecule has 0 spiro atoms. The Labute approximate surface area is 124 Å². The summed E-state index contributed by atoms with van der Waals surface area (Å²) in [7, 11) is -1.33. The van der Waals surface area contributed by atoms with Gasteiger partial charge in [0.2, 0.25) is 10.0 Å². The van der Waals surface area contributed by atoms with Crippen molar-refractivity contribution in [2.75, 3.05) is 39.6 Å². The number of sulfonamides is 1. The van der Waals surface area contributed by atoms with Crippen LogP contribution in [0, 0.1) is 11.8 Å². The van der Waals surface area contributed by atoms with E-state index in [-0.39, 0.29) is 0 Å². The largest absolute Gasteiger partial charge is 0.383 e. The first kappa shape index (κ1) is 17.9. The zero-order valence-electron chi connectivity index (χ0n) is 13.3. The highest BCUT2D eigenvalue weighted by molar-refractivity contribution is 7.88. The van der Waals surface area contributed by atoms with Crippen LogP contribution in [0.15, 0.2) is 0 Å². The summed E-state index contributed by atoms with van der Waals surface area (Å²) in [4.78, 5) is 0. The smallest absolute Gasteiger partial charge is 0.211 e. The van der Waals surface area contributed by atoms with Gasteiger partial charge in [0.1, 0.15) is 0 Å². The fraction of sp³-hybridized carbons (Fsp3) is 1.00. The average Bonchev–Trinajstić information content (AvgIpc) is 2.38. The molecule has 1 aliphatic heterocycles. The third-order valence-corrected chi connectivity index (χ3v) is 5.55. The lowest BCUT2D eigenvalue weighted by Crippen LogP contribution is -2.41. The Morgan fingerprint density at radius 2 is 2.10 bits per heavy atom. The van der Waals surface area contributed by atoms with Crippen LogP contribution in [0.5, 0.6) is 0 Å². The molecule has 1 aliphatic rings. The number of hydrogen-bond donors (Lipinski definition) is 1. The zero-order chi connectivity index (χ0) is 15.2. The van der Waals surface area contributed by atoms with Crippen molar-refractivity contribution in [2.45, 2.75) is 39.2 Å². The summed E-state index contributed by atoms with van der Waals surface area (Å²) < 4.78 is 29.9. The number of methoxy groups -OCH3 is 1. The van der Waals surface area contributed by atoms with E-state index in [1.54, 1.807) is 11.4 Å². The summed E-state index contributed by atoms with van der Waals surface area (Å²) in [5, 5.41) is 3.46. The Morgan fingerprint density at radius 3 is 2.70 bits per heavy atom. The molecule has 5 nitrogen and oxygen atoms in total. The Morgan fingerprint density at radius 1 is 1.40 bits per heavy atom. The molecule has 0 aromatic carbocycles. The van der Waals surface area contributed by atoms with Crippen molar-refractivity contribution < 1.29 is 13.2 Å². The summed E-state index contributed by atoms with van der Waals surface area (Å²) in [6, 6.07) is 0.429.